The van der Waals surface area contributed by atoms with Crippen molar-refractivity contribution in [3.8, 4) is 0 Å². The molecule has 1 aromatic rings. The van der Waals surface area contributed by atoms with Crippen LogP contribution in [0.1, 0.15) is 38.0 Å². The molecule has 1 saturated heterocycles. The van der Waals surface area contributed by atoms with Gasteiger partial charge in [-0.1, -0.05) is 0 Å². The maximum atomic E-state index is 5.76. The smallest absolute Gasteiger partial charge is 0.120 e. The van der Waals surface area contributed by atoms with Crippen molar-refractivity contribution in [1.82, 2.24) is 10.2 Å². The number of furan rings is 1. The third-order valence-corrected chi connectivity index (χ3v) is 3.70. The van der Waals surface area contributed by atoms with E-state index in [1.165, 1.54) is 19.3 Å². The van der Waals surface area contributed by atoms with Gasteiger partial charge in [0, 0.05) is 26.2 Å². The maximum Gasteiger partial charge on any atom is 0.120 e. The molecule has 2 atom stereocenters. The Morgan fingerprint density at radius 1 is 1.47 bits per heavy atom. The van der Waals surface area contributed by atoms with Gasteiger partial charge in [0.25, 0.3) is 0 Å². The molecule has 0 bridgehead atoms. The molecule has 1 aliphatic rings. The van der Waals surface area contributed by atoms with Crippen LogP contribution < -0.4 is 5.32 Å². The highest BCUT2D eigenvalue weighted by Crippen LogP contribution is 2.14. The van der Waals surface area contributed by atoms with E-state index < -0.39 is 0 Å². The van der Waals surface area contributed by atoms with E-state index >= 15 is 0 Å². The van der Waals surface area contributed by atoms with Gasteiger partial charge < -0.3 is 19.4 Å². The minimum absolute atomic E-state index is 0.273. The van der Waals surface area contributed by atoms with E-state index in [-0.39, 0.29) is 6.04 Å². The highest BCUT2D eigenvalue weighted by atomic mass is 16.5. The van der Waals surface area contributed by atoms with Crippen LogP contribution in [-0.4, -0.2) is 44.3 Å². The second-order valence-corrected chi connectivity index (χ2v) is 5.44. The summed E-state index contributed by atoms with van der Waals surface area (Å²) in [6.07, 6.45) is 5.90. The van der Waals surface area contributed by atoms with E-state index in [0.717, 1.165) is 32.0 Å². The largest absolute Gasteiger partial charge is 0.468 e. The van der Waals surface area contributed by atoms with Crippen molar-refractivity contribution in [2.75, 3.05) is 33.3 Å². The molecule has 1 fully saturated rings. The summed E-state index contributed by atoms with van der Waals surface area (Å²) in [7, 11) is 2.16. The van der Waals surface area contributed by atoms with Gasteiger partial charge in [0.2, 0.25) is 0 Å². The number of nitrogens with one attached hydrogen (secondary N) is 1. The average molecular weight is 266 g/mol. The van der Waals surface area contributed by atoms with Gasteiger partial charge in [-0.2, -0.15) is 0 Å². The molecule has 4 heteroatoms. The molecule has 2 heterocycles. The SMILES string of the molecule is CC(NCCN(C)CC1CCCCO1)c1ccco1. The molecule has 1 N–H and O–H groups in total. The highest BCUT2D eigenvalue weighted by molar-refractivity contribution is 5.02. The number of hydrogen-bond donors (Lipinski definition) is 1. The lowest BCUT2D eigenvalue weighted by atomic mass is 10.1. The van der Waals surface area contributed by atoms with Crippen molar-refractivity contribution in [3.05, 3.63) is 24.2 Å². The quantitative estimate of drug-likeness (QED) is 0.822. The summed E-state index contributed by atoms with van der Waals surface area (Å²) < 4.78 is 11.1. The maximum absolute atomic E-state index is 5.76. The average Bonchev–Trinajstić information content (AvgIpc) is 2.93. The van der Waals surface area contributed by atoms with Crippen LogP contribution in [0.25, 0.3) is 0 Å². The van der Waals surface area contributed by atoms with Gasteiger partial charge in [0.05, 0.1) is 18.4 Å². The van der Waals surface area contributed by atoms with Crippen molar-refractivity contribution in [2.45, 2.75) is 38.3 Å². The Kier molecular flexibility index (Phi) is 5.89. The van der Waals surface area contributed by atoms with Gasteiger partial charge in [0.15, 0.2) is 0 Å². The molecule has 0 aromatic carbocycles. The van der Waals surface area contributed by atoms with Gasteiger partial charge >= 0.3 is 0 Å². The number of likely N-dealkylation sites (N-methyl/N-ethyl adjacent to an activating group) is 1. The normalized spacial score (nSPS) is 21.7. The number of hydrogen-bond acceptors (Lipinski definition) is 4. The van der Waals surface area contributed by atoms with Crippen molar-refractivity contribution < 1.29 is 9.15 Å². The predicted molar refractivity (Wildman–Crippen MR) is 76.2 cm³/mol. The lowest BCUT2D eigenvalue weighted by molar-refractivity contribution is -0.00130. The van der Waals surface area contributed by atoms with Crippen molar-refractivity contribution in [1.29, 1.82) is 0 Å². The Hall–Kier alpha value is -0.840. The first kappa shape index (κ1) is 14.6. The Morgan fingerprint density at radius 2 is 2.37 bits per heavy atom. The van der Waals surface area contributed by atoms with E-state index in [1.54, 1.807) is 6.26 Å². The molecule has 1 aromatic heterocycles. The summed E-state index contributed by atoms with van der Waals surface area (Å²) in [5.41, 5.74) is 0. The zero-order chi connectivity index (χ0) is 13.5. The highest BCUT2D eigenvalue weighted by Gasteiger charge is 2.15. The molecule has 4 nitrogen and oxygen atoms in total. The Labute approximate surface area is 116 Å². The zero-order valence-electron chi connectivity index (χ0n) is 12.1. The molecule has 0 aliphatic carbocycles. The van der Waals surface area contributed by atoms with Crippen LogP contribution in [0.4, 0.5) is 0 Å². The lowest BCUT2D eigenvalue weighted by Crippen LogP contribution is -2.37. The molecule has 2 rings (SSSR count). The van der Waals surface area contributed by atoms with Crippen molar-refractivity contribution >= 4 is 0 Å². The van der Waals surface area contributed by atoms with Crippen LogP contribution in [-0.2, 0) is 4.74 Å². The van der Waals surface area contributed by atoms with Crippen LogP contribution in [0.2, 0.25) is 0 Å². The Balaban J connectivity index is 1.59. The lowest BCUT2D eigenvalue weighted by Gasteiger charge is -2.27. The third-order valence-electron chi connectivity index (χ3n) is 3.70. The van der Waals surface area contributed by atoms with E-state index in [4.69, 9.17) is 9.15 Å². The van der Waals surface area contributed by atoms with Gasteiger partial charge in [-0.05, 0) is 45.4 Å². The van der Waals surface area contributed by atoms with Gasteiger partial charge in [-0.3, -0.25) is 0 Å². The summed E-state index contributed by atoms with van der Waals surface area (Å²) in [6, 6.07) is 4.21. The fourth-order valence-corrected chi connectivity index (χ4v) is 2.50. The van der Waals surface area contributed by atoms with Gasteiger partial charge in [0.1, 0.15) is 5.76 Å². The zero-order valence-corrected chi connectivity index (χ0v) is 12.1. The van der Waals surface area contributed by atoms with Crippen LogP contribution >= 0.6 is 0 Å². The van der Waals surface area contributed by atoms with Crippen LogP contribution in [0.3, 0.4) is 0 Å². The number of ether oxygens (including phenoxy) is 1. The Bertz CT molecular complexity index is 334. The standard InChI is InChI=1S/C15H26N2O2/c1-13(15-7-5-11-19-15)16-8-9-17(2)12-14-6-3-4-10-18-14/h5,7,11,13-14,16H,3-4,6,8-10,12H2,1-2H3. The summed E-state index contributed by atoms with van der Waals surface area (Å²) in [4.78, 5) is 2.35. The summed E-state index contributed by atoms with van der Waals surface area (Å²) in [5, 5.41) is 3.48. The summed E-state index contributed by atoms with van der Waals surface area (Å²) >= 11 is 0. The van der Waals surface area contributed by atoms with Crippen LogP contribution in [0.15, 0.2) is 22.8 Å². The molecular formula is C15H26N2O2. The first-order valence-corrected chi connectivity index (χ1v) is 7.32. The van der Waals surface area contributed by atoms with E-state index in [0.29, 0.717) is 6.10 Å². The molecule has 19 heavy (non-hydrogen) atoms. The third kappa shape index (κ3) is 4.97. The first-order chi connectivity index (χ1) is 9.25. The van der Waals surface area contributed by atoms with Gasteiger partial charge in [-0.15, -0.1) is 0 Å². The van der Waals surface area contributed by atoms with E-state index in [2.05, 4.69) is 24.2 Å². The fourth-order valence-electron chi connectivity index (χ4n) is 2.50. The molecule has 1 aliphatic heterocycles. The molecular weight excluding hydrogens is 240 g/mol. The molecule has 0 saturated carbocycles. The topological polar surface area (TPSA) is 37.6 Å². The minimum Gasteiger partial charge on any atom is -0.468 e. The fraction of sp³-hybridized carbons (Fsp3) is 0.733. The predicted octanol–water partition coefficient (Wildman–Crippen LogP) is 2.43. The number of rotatable bonds is 7. The van der Waals surface area contributed by atoms with Gasteiger partial charge in [-0.25, -0.2) is 0 Å². The molecule has 108 valence electrons. The number of nitrogens with zero attached hydrogens (tertiary/aromatic N) is 1. The molecule has 0 spiro atoms. The minimum atomic E-state index is 0.273. The monoisotopic (exact) mass is 266 g/mol. The van der Waals surface area contributed by atoms with E-state index in [9.17, 15) is 0 Å². The second kappa shape index (κ2) is 7.68. The Morgan fingerprint density at radius 3 is 3.05 bits per heavy atom. The van der Waals surface area contributed by atoms with E-state index in [1.807, 2.05) is 12.1 Å². The molecule has 0 amide bonds. The van der Waals surface area contributed by atoms with Crippen molar-refractivity contribution in [2.24, 2.45) is 0 Å². The molecule has 2 unspecified atom stereocenters. The second-order valence-electron chi connectivity index (χ2n) is 5.44. The van der Waals surface area contributed by atoms with Crippen LogP contribution in [0, 0.1) is 0 Å². The summed E-state index contributed by atoms with van der Waals surface area (Å²) in [6.45, 7) is 6.10. The summed E-state index contributed by atoms with van der Waals surface area (Å²) in [5.74, 6) is 0.998. The first-order valence-electron chi connectivity index (χ1n) is 7.32. The van der Waals surface area contributed by atoms with Crippen molar-refractivity contribution in [3.63, 3.8) is 0 Å². The van der Waals surface area contributed by atoms with Crippen LogP contribution in [0.5, 0.6) is 0 Å². The molecule has 0 radical (unpaired) electrons.